The first-order valence-electron chi connectivity index (χ1n) is 5.46. The molecule has 0 aliphatic heterocycles. The Labute approximate surface area is 105 Å². The highest BCUT2D eigenvalue weighted by Crippen LogP contribution is 2.24. The van der Waals surface area contributed by atoms with E-state index in [2.05, 4.69) is 0 Å². The second-order valence-corrected chi connectivity index (χ2v) is 3.96. The van der Waals surface area contributed by atoms with Gasteiger partial charge in [0.1, 0.15) is 5.75 Å². The molecular formula is C12H17N3O3. The summed E-state index contributed by atoms with van der Waals surface area (Å²) >= 11 is 0. The van der Waals surface area contributed by atoms with E-state index in [4.69, 9.17) is 16.2 Å². The zero-order chi connectivity index (χ0) is 13.7. The van der Waals surface area contributed by atoms with Crippen LogP contribution in [0.5, 0.6) is 5.75 Å². The maximum Gasteiger partial charge on any atom is 0.318 e. The van der Waals surface area contributed by atoms with Crippen molar-refractivity contribution in [1.82, 2.24) is 5.32 Å². The summed E-state index contributed by atoms with van der Waals surface area (Å²) in [7, 11) is 0. The van der Waals surface area contributed by atoms with Crippen LogP contribution >= 0.6 is 0 Å². The summed E-state index contributed by atoms with van der Waals surface area (Å²) in [6, 6.07) is 2.90. The van der Waals surface area contributed by atoms with Crippen LogP contribution in [-0.4, -0.2) is 18.5 Å². The van der Waals surface area contributed by atoms with Gasteiger partial charge in [-0.15, -0.1) is 0 Å². The summed E-state index contributed by atoms with van der Waals surface area (Å²) in [4.78, 5) is 21.7. The highest BCUT2D eigenvalue weighted by Gasteiger charge is 2.09. The van der Waals surface area contributed by atoms with E-state index in [1.54, 1.807) is 0 Å². The summed E-state index contributed by atoms with van der Waals surface area (Å²) in [6.07, 6.45) is 0. The van der Waals surface area contributed by atoms with Crippen molar-refractivity contribution in [3.8, 4) is 5.75 Å². The van der Waals surface area contributed by atoms with E-state index in [9.17, 15) is 9.59 Å². The molecule has 0 spiro atoms. The third kappa shape index (κ3) is 3.74. The molecule has 0 aliphatic carbocycles. The average Bonchev–Trinajstić information content (AvgIpc) is 2.26. The highest BCUT2D eigenvalue weighted by molar-refractivity contribution is 5.94. The Hall–Kier alpha value is -2.08. The predicted molar refractivity (Wildman–Crippen MR) is 67.0 cm³/mol. The van der Waals surface area contributed by atoms with E-state index >= 15 is 0 Å². The van der Waals surface area contributed by atoms with Crippen LogP contribution in [0.4, 0.5) is 4.79 Å². The van der Waals surface area contributed by atoms with Crippen molar-refractivity contribution >= 4 is 11.9 Å². The number of amides is 3. The van der Waals surface area contributed by atoms with E-state index in [-0.39, 0.29) is 6.61 Å². The Morgan fingerprint density at radius 1 is 1.28 bits per heavy atom. The topological polar surface area (TPSA) is 107 Å². The molecule has 1 rings (SSSR count). The van der Waals surface area contributed by atoms with E-state index in [1.807, 2.05) is 31.3 Å². The van der Waals surface area contributed by atoms with Gasteiger partial charge in [-0.1, -0.05) is 12.1 Å². The molecule has 6 nitrogen and oxygen atoms in total. The summed E-state index contributed by atoms with van der Waals surface area (Å²) in [5.41, 5.74) is 13.2. The molecule has 0 aromatic heterocycles. The van der Waals surface area contributed by atoms with Gasteiger partial charge < -0.3 is 16.2 Å². The van der Waals surface area contributed by atoms with Crippen LogP contribution < -0.4 is 21.5 Å². The fourth-order valence-corrected chi connectivity index (χ4v) is 1.70. The van der Waals surface area contributed by atoms with Crippen molar-refractivity contribution in [2.45, 2.75) is 20.4 Å². The van der Waals surface area contributed by atoms with Gasteiger partial charge in [0.25, 0.3) is 5.91 Å². The van der Waals surface area contributed by atoms with Crippen molar-refractivity contribution in [2.75, 3.05) is 6.61 Å². The third-order valence-corrected chi connectivity index (χ3v) is 2.37. The van der Waals surface area contributed by atoms with Gasteiger partial charge in [-0.2, -0.15) is 0 Å². The molecular weight excluding hydrogens is 234 g/mol. The Balaban J connectivity index is 2.73. The van der Waals surface area contributed by atoms with Crippen LogP contribution in [-0.2, 0) is 11.3 Å². The number of ether oxygens (including phenoxy) is 1. The molecule has 3 amide bonds. The summed E-state index contributed by atoms with van der Waals surface area (Å²) in [5.74, 6) is 0.0380. The van der Waals surface area contributed by atoms with Gasteiger partial charge in [-0.3, -0.25) is 10.1 Å². The van der Waals surface area contributed by atoms with E-state index in [1.165, 1.54) is 0 Å². The Morgan fingerprint density at radius 3 is 2.28 bits per heavy atom. The standard InChI is InChI=1S/C12H17N3O3/c1-7-3-9(5-13)4-8(2)11(7)18-6-10(16)15-12(14)17/h3-4H,5-6,13H2,1-2H3,(H3,14,15,16,17). The molecule has 0 radical (unpaired) electrons. The lowest BCUT2D eigenvalue weighted by Gasteiger charge is -2.13. The molecule has 0 saturated carbocycles. The van der Waals surface area contributed by atoms with Gasteiger partial charge in [0.15, 0.2) is 6.61 Å². The maximum absolute atomic E-state index is 11.2. The van der Waals surface area contributed by atoms with Gasteiger partial charge in [0.2, 0.25) is 0 Å². The number of urea groups is 1. The zero-order valence-electron chi connectivity index (χ0n) is 10.4. The van der Waals surface area contributed by atoms with Crippen LogP contribution in [0.1, 0.15) is 16.7 Å². The number of nitrogens with two attached hydrogens (primary N) is 2. The fraction of sp³-hybridized carbons (Fsp3) is 0.333. The lowest BCUT2D eigenvalue weighted by atomic mass is 10.1. The van der Waals surface area contributed by atoms with Gasteiger partial charge >= 0.3 is 6.03 Å². The molecule has 1 aromatic carbocycles. The Kier molecular flexibility index (Phi) is 4.67. The maximum atomic E-state index is 11.2. The number of rotatable bonds is 4. The first-order chi connectivity index (χ1) is 8.43. The van der Waals surface area contributed by atoms with Gasteiger partial charge in [0.05, 0.1) is 0 Å². The van der Waals surface area contributed by atoms with Crippen molar-refractivity contribution in [3.63, 3.8) is 0 Å². The number of aryl methyl sites for hydroxylation is 2. The third-order valence-electron chi connectivity index (χ3n) is 2.37. The SMILES string of the molecule is Cc1cc(CN)cc(C)c1OCC(=O)NC(N)=O. The summed E-state index contributed by atoms with van der Waals surface area (Å²) < 4.78 is 5.37. The van der Waals surface area contributed by atoms with Crippen molar-refractivity contribution in [3.05, 3.63) is 28.8 Å². The van der Waals surface area contributed by atoms with Crippen LogP contribution in [0.25, 0.3) is 0 Å². The number of primary amides is 1. The molecule has 0 fully saturated rings. The van der Waals surface area contributed by atoms with Crippen LogP contribution in [0.3, 0.4) is 0 Å². The number of carbonyl (C=O) groups is 2. The number of imide groups is 1. The molecule has 0 saturated heterocycles. The first-order valence-corrected chi connectivity index (χ1v) is 5.46. The van der Waals surface area contributed by atoms with Crippen LogP contribution in [0.2, 0.25) is 0 Å². The number of carbonyl (C=O) groups excluding carboxylic acids is 2. The number of benzene rings is 1. The van der Waals surface area contributed by atoms with Crippen molar-refractivity contribution < 1.29 is 14.3 Å². The Morgan fingerprint density at radius 2 is 1.83 bits per heavy atom. The van der Waals surface area contributed by atoms with Crippen LogP contribution in [0, 0.1) is 13.8 Å². The van der Waals surface area contributed by atoms with E-state index < -0.39 is 11.9 Å². The second-order valence-electron chi connectivity index (χ2n) is 3.96. The Bertz CT molecular complexity index is 449. The molecule has 0 heterocycles. The molecule has 0 aliphatic rings. The second kappa shape index (κ2) is 6.02. The molecule has 0 atom stereocenters. The fourth-order valence-electron chi connectivity index (χ4n) is 1.70. The smallest absolute Gasteiger partial charge is 0.318 e. The lowest BCUT2D eigenvalue weighted by molar-refractivity contribution is -0.121. The highest BCUT2D eigenvalue weighted by atomic mass is 16.5. The average molecular weight is 251 g/mol. The minimum Gasteiger partial charge on any atom is -0.483 e. The van der Waals surface area contributed by atoms with Gasteiger partial charge in [0, 0.05) is 6.54 Å². The minimum absolute atomic E-state index is 0.257. The molecule has 0 unspecified atom stereocenters. The molecule has 0 bridgehead atoms. The van der Waals surface area contributed by atoms with Crippen molar-refractivity contribution in [2.24, 2.45) is 11.5 Å². The van der Waals surface area contributed by atoms with Gasteiger partial charge in [-0.25, -0.2) is 4.79 Å². The molecule has 5 N–H and O–H groups in total. The number of nitrogens with one attached hydrogen (secondary N) is 1. The number of hydrogen-bond donors (Lipinski definition) is 3. The van der Waals surface area contributed by atoms with Crippen molar-refractivity contribution in [1.29, 1.82) is 0 Å². The minimum atomic E-state index is -0.893. The molecule has 98 valence electrons. The normalized spacial score (nSPS) is 9.94. The monoisotopic (exact) mass is 251 g/mol. The summed E-state index contributed by atoms with van der Waals surface area (Å²) in [5, 5.41) is 1.93. The molecule has 18 heavy (non-hydrogen) atoms. The quantitative estimate of drug-likeness (QED) is 0.716. The molecule has 1 aromatic rings. The van der Waals surface area contributed by atoms with E-state index in [0.29, 0.717) is 12.3 Å². The zero-order valence-corrected chi connectivity index (χ0v) is 10.4. The number of hydrogen-bond acceptors (Lipinski definition) is 4. The van der Waals surface area contributed by atoms with E-state index in [0.717, 1.165) is 16.7 Å². The summed E-state index contributed by atoms with van der Waals surface area (Å²) in [6.45, 7) is 3.93. The van der Waals surface area contributed by atoms with Gasteiger partial charge in [-0.05, 0) is 30.5 Å². The van der Waals surface area contributed by atoms with Crippen LogP contribution in [0.15, 0.2) is 12.1 Å². The lowest BCUT2D eigenvalue weighted by Crippen LogP contribution is -2.38. The molecule has 6 heteroatoms. The first kappa shape index (κ1) is 14.0. The predicted octanol–water partition coefficient (Wildman–Crippen LogP) is 0.336. The largest absolute Gasteiger partial charge is 0.483 e.